The van der Waals surface area contributed by atoms with Crippen LogP contribution in [0.2, 0.25) is 0 Å². The highest BCUT2D eigenvalue weighted by atomic mass is 16.7. The second kappa shape index (κ2) is 34.6. The highest BCUT2D eigenvalue weighted by Gasteiger charge is 2.52. The number of ether oxygens (including phenoxy) is 8. The summed E-state index contributed by atoms with van der Waals surface area (Å²) in [5, 5.41) is 130. The number of ketones is 2. The average molecular weight is 1550 g/mol. The number of hydrazone groups is 2. The molecular formula is C79H98N6O26. The molecule has 4 aromatic rings. The fourth-order valence-electron chi connectivity index (χ4n) is 14.3. The van der Waals surface area contributed by atoms with Crippen LogP contribution in [0, 0.1) is 61.2 Å². The van der Waals surface area contributed by atoms with Gasteiger partial charge in [0.05, 0.1) is 106 Å². The monoisotopic (exact) mass is 1550 g/mol. The standard InChI is InChI=1S/C79H98N6O26/c1-32-21-19-23-34(3)76(102)82-58-46(66(96)52-54(68(58)98)64(94)42(11)72-56(52)74(100)78(15,110-72)106-27-25-48(104-17)36(5)70(108-44(13)86)40(9)62(92)38(7)60(32)90)30-80-84-50(88)29-51(89)85-81-31-47-59-69(99)55-53(67(47)97)57-73(43(12)65(55)95)111-79(16,75(57)101)107-28-26-49(105-18)37(6)71(109-45(14)87)41(10)63(93)39(8)61(91)33(2)22-20-24-35(4)77(103)83-59/h19-28,30-33,36-41,48-49,60-63,70-71,90-99H,29H2,1-18H3,(H,82,102)(H,83,103)(H,84,88)(H,85,89)/b21-19-,22-20+,27-25?,28-26+,34-23-,35-24-,80-30+,81-31+. The third-order valence-corrected chi connectivity index (χ3v) is 21.2. The van der Waals surface area contributed by atoms with Gasteiger partial charge in [0.1, 0.15) is 53.1 Å². The van der Waals surface area contributed by atoms with E-state index in [2.05, 4.69) is 31.7 Å². The number of nitrogens with zero attached hydrogens (tertiary/aromatic N) is 2. The first-order chi connectivity index (χ1) is 52.0. The molecule has 32 nitrogen and oxygen atoms in total. The van der Waals surface area contributed by atoms with Crippen molar-refractivity contribution in [2.75, 3.05) is 24.9 Å². The van der Waals surface area contributed by atoms with Crippen molar-refractivity contribution in [2.45, 2.75) is 178 Å². The Labute approximate surface area is 639 Å². The number of carbonyl (C=O) groups excluding carboxylic acids is 8. The van der Waals surface area contributed by atoms with Crippen molar-refractivity contribution in [3.05, 3.63) is 106 Å². The lowest BCUT2D eigenvalue weighted by atomic mass is 9.78. The number of hydrogen-bond donors (Lipinski definition) is 14. The number of Topliss-reactive ketones (excluding diaryl/α,β-unsaturated/α-hetero) is 2. The molecule has 0 saturated heterocycles. The van der Waals surface area contributed by atoms with Crippen molar-refractivity contribution < 1.29 is 127 Å². The lowest BCUT2D eigenvalue weighted by Crippen LogP contribution is -2.46. The van der Waals surface area contributed by atoms with Gasteiger partial charge in [-0.2, -0.15) is 10.2 Å². The van der Waals surface area contributed by atoms with E-state index in [1.54, 1.807) is 67.5 Å². The number of anilines is 2. The number of phenols is 6. The summed E-state index contributed by atoms with van der Waals surface area (Å²) >= 11 is 0. The third-order valence-electron chi connectivity index (χ3n) is 21.2. The van der Waals surface area contributed by atoms with E-state index in [-0.39, 0.29) is 33.8 Å². The number of methoxy groups -OCH3 is 2. The number of aliphatic hydroxyl groups excluding tert-OH is 4. The second-order valence-corrected chi connectivity index (χ2v) is 29.0. The van der Waals surface area contributed by atoms with E-state index < -0.39 is 251 Å². The van der Waals surface area contributed by atoms with Crippen molar-refractivity contribution in [3.63, 3.8) is 0 Å². The lowest BCUT2D eigenvalue weighted by Gasteiger charge is -2.38. The molecule has 4 aromatic carbocycles. The van der Waals surface area contributed by atoms with Gasteiger partial charge in [0.2, 0.25) is 11.8 Å². The molecule has 6 heterocycles. The average Bonchev–Trinajstić information content (AvgIpc) is 1.62. The van der Waals surface area contributed by atoms with Gasteiger partial charge in [-0.1, -0.05) is 91.8 Å². The first kappa shape index (κ1) is 85.7. The molecule has 10 rings (SSSR count). The maximum absolute atomic E-state index is 14.8. The van der Waals surface area contributed by atoms with Gasteiger partial charge < -0.3 is 99.6 Å². The van der Waals surface area contributed by atoms with Crippen LogP contribution in [-0.2, 0) is 57.2 Å². The van der Waals surface area contributed by atoms with Crippen molar-refractivity contribution in [1.29, 1.82) is 0 Å². The van der Waals surface area contributed by atoms with Crippen LogP contribution in [0.5, 0.6) is 46.0 Å². The van der Waals surface area contributed by atoms with E-state index in [1.165, 1.54) is 106 Å². The predicted octanol–water partition coefficient (Wildman–Crippen LogP) is 7.81. The molecule has 600 valence electrons. The number of nitrogens with one attached hydrogen (secondary N) is 4. The second-order valence-electron chi connectivity index (χ2n) is 29.0. The summed E-state index contributed by atoms with van der Waals surface area (Å²) in [4.78, 5) is 110. The van der Waals surface area contributed by atoms with Gasteiger partial charge >= 0.3 is 23.5 Å². The van der Waals surface area contributed by atoms with Gasteiger partial charge in [-0.05, 0) is 39.8 Å². The largest absolute Gasteiger partial charge is 0.507 e. The quantitative estimate of drug-likeness (QED) is 0.0180. The molecule has 0 fully saturated rings. The van der Waals surface area contributed by atoms with E-state index in [4.69, 9.17) is 37.9 Å². The minimum Gasteiger partial charge on any atom is -0.507 e. The zero-order valence-electron chi connectivity index (χ0n) is 64.8. The number of esters is 2. The number of carbonyl (C=O) groups is 8. The summed E-state index contributed by atoms with van der Waals surface area (Å²) in [6, 6.07) is 0. The molecule has 111 heavy (non-hydrogen) atoms. The minimum atomic E-state index is -2.28. The highest BCUT2D eigenvalue weighted by Crippen LogP contribution is 2.57. The number of benzene rings is 4. The zero-order chi connectivity index (χ0) is 82.6. The molecule has 18 atom stereocenters. The summed E-state index contributed by atoms with van der Waals surface area (Å²) in [5.41, 5.74) is 0.432. The Kier molecular flexibility index (Phi) is 26.7. The van der Waals surface area contributed by atoms with Crippen LogP contribution >= 0.6 is 0 Å². The SMILES string of the molecule is COC1C=COC2(C)Oc3c(C)c(O)c4c(O)c(c(/C=N/NC(=O)CC(=O)N/N=C/c5c6c(O)c7c(O)c(C)c8c(c7c5O)C(=O)C(C)(O/C=C/C(OC)C(C)C(OC(C)=O)C(C)C(O)C(C)C(O)C(C)/C=C/C=C(/C)C(=O)N6)O8)c(O)c4c3C2=O)NC(=O)/C(C)=C\C=C/C(C)C(O)C(C)C(O)C(C)C(OC(C)=O)C1C. The molecule has 0 aromatic heterocycles. The Bertz CT molecular complexity index is 4350. The number of amides is 4. The molecule has 32 heteroatoms. The van der Waals surface area contributed by atoms with Crippen molar-refractivity contribution >= 4 is 92.5 Å². The Morgan fingerprint density at radius 3 is 1.16 bits per heavy atom. The fourth-order valence-corrected chi connectivity index (χ4v) is 14.3. The molecule has 4 amide bonds. The van der Waals surface area contributed by atoms with E-state index in [0.29, 0.717) is 0 Å². The van der Waals surface area contributed by atoms with Gasteiger partial charge in [0.15, 0.2) is 11.5 Å². The van der Waals surface area contributed by atoms with Crippen LogP contribution in [0.1, 0.15) is 146 Å². The molecule has 0 spiro atoms. The summed E-state index contributed by atoms with van der Waals surface area (Å²) < 4.78 is 47.3. The highest BCUT2D eigenvalue weighted by molar-refractivity contribution is 6.25. The number of hydrogen-bond acceptors (Lipinski definition) is 28. The predicted molar refractivity (Wildman–Crippen MR) is 404 cm³/mol. The van der Waals surface area contributed by atoms with Crippen molar-refractivity contribution in [3.8, 4) is 46.0 Å². The Hall–Kier alpha value is -10.9. The first-order valence-corrected chi connectivity index (χ1v) is 35.8. The maximum Gasteiger partial charge on any atom is 0.312 e. The van der Waals surface area contributed by atoms with Crippen molar-refractivity contribution in [2.24, 2.45) is 57.5 Å². The maximum atomic E-state index is 14.8. The number of allylic oxidation sites excluding steroid dienone is 4. The van der Waals surface area contributed by atoms with Crippen LogP contribution in [0.3, 0.4) is 0 Å². The number of aromatic hydroxyl groups is 6. The fraction of sp³-hybridized carbons (Fsp3) is 0.468. The zero-order valence-corrected chi connectivity index (χ0v) is 64.8. The number of phenolic OH excluding ortho intramolecular Hbond substituents is 6. The first-order valence-electron chi connectivity index (χ1n) is 35.8. The topological polar surface area (TPSA) is 486 Å². The summed E-state index contributed by atoms with van der Waals surface area (Å²) in [5.74, 6) is -24.0. The number of fused-ring (bicyclic) bond motifs is 28. The van der Waals surface area contributed by atoms with Gasteiger partial charge in [-0.15, -0.1) is 0 Å². The molecule has 0 saturated carbocycles. The molecular weight excluding hydrogens is 1450 g/mol. The third kappa shape index (κ3) is 17.2. The smallest absolute Gasteiger partial charge is 0.312 e. The Morgan fingerprint density at radius 2 is 0.838 bits per heavy atom. The summed E-state index contributed by atoms with van der Waals surface area (Å²) in [6.45, 7) is 23.4. The molecule has 10 bridgehead atoms. The molecule has 0 radical (unpaired) electrons. The Morgan fingerprint density at radius 1 is 0.495 bits per heavy atom. The van der Waals surface area contributed by atoms with E-state index in [1.807, 2.05) is 0 Å². The normalized spacial score (nSPS) is 31.0. The van der Waals surface area contributed by atoms with Gasteiger partial charge in [0, 0.05) is 122 Å². The van der Waals surface area contributed by atoms with Crippen LogP contribution in [0.15, 0.2) is 82.5 Å². The number of rotatable bonds is 10. The van der Waals surface area contributed by atoms with Gasteiger partial charge in [-0.3, -0.25) is 38.4 Å². The van der Waals surface area contributed by atoms with Crippen LogP contribution < -0.4 is 31.0 Å². The molecule has 6 aliphatic rings. The molecule has 0 aliphatic carbocycles. The van der Waals surface area contributed by atoms with E-state index in [0.717, 1.165) is 25.0 Å². The molecule has 18 unspecified atom stereocenters. The van der Waals surface area contributed by atoms with Gasteiger partial charge in [-0.25, -0.2) is 10.9 Å². The van der Waals surface area contributed by atoms with Gasteiger partial charge in [0.25, 0.3) is 23.4 Å². The van der Waals surface area contributed by atoms with Crippen LogP contribution in [0.25, 0.3) is 21.5 Å². The van der Waals surface area contributed by atoms with Crippen molar-refractivity contribution in [1.82, 2.24) is 10.9 Å². The molecule has 14 N–H and O–H groups in total. The lowest BCUT2D eigenvalue weighted by molar-refractivity contribution is -0.161. The van der Waals surface area contributed by atoms with E-state index in [9.17, 15) is 89.4 Å². The number of aliphatic hydroxyl groups is 4. The summed E-state index contributed by atoms with van der Waals surface area (Å²) in [7, 11) is 2.72. The summed E-state index contributed by atoms with van der Waals surface area (Å²) in [6.07, 6.45) is 5.13. The van der Waals surface area contributed by atoms with Crippen LogP contribution in [0.4, 0.5) is 11.4 Å². The Balaban J connectivity index is 1.15. The minimum absolute atomic E-state index is 0.0502. The van der Waals surface area contributed by atoms with E-state index >= 15 is 0 Å². The molecule has 6 aliphatic heterocycles. The van der Waals surface area contributed by atoms with Crippen LogP contribution in [-0.4, -0.2) is 185 Å².